The van der Waals surface area contributed by atoms with Gasteiger partial charge in [0.1, 0.15) is 6.61 Å². The topological polar surface area (TPSA) is 67.4 Å². The number of nitrogens with one attached hydrogen (secondary N) is 2. The smallest absolute Gasteiger partial charge is 0.245 e. The maximum absolute atomic E-state index is 11.1. The Morgan fingerprint density at radius 1 is 0.842 bits per heavy atom. The predicted octanol–water partition coefficient (Wildman–Crippen LogP) is 1.62. The van der Waals surface area contributed by atoms with Crippen LogP contribution in [-0.4, -0.2) is 38.6 Å². The normalized spacial score (nSPS) is 10.2. The molecular formula is C14H28N2O3. The molecule has 5 heteroatoms. The molecule has 0 bridgehead atoms. The Balaban J connectivity index is 3.06. The van der Waals surface area contributed by atoms with Crippen LogP contribution in [0.25, 0.3) is 0 Å². The zero-order valence-corrected chi connectivity index (χ0v) is 12.3. The van der Waals surface area contributed by atoms with E-state index in [9.17, 15) is 9.59 Å². The Kier molecular flexibility index (Phi) is 12.6. The molecule has 0 aromatic carbocycles. The van der Waals surface area contributed by atoms with Gasteiger partial charge in [0.15, 0.2) is 0 Å². The van der Waals surface area contributed by atoms with Gasteiger partial charge in [0.05, 0.1) is 0 Å². The molecule has 0 saturated heterocycles. The van der Waals surface area contributed by atoms with Crippen molar-refractivity contribution in [3.63, 3.8) is 0 Å². The highest BCUT2D eigenvalue weighted by Gasteiger charge is 1.98. The van der Waals surface area contributed by atoms with Gasteiger partial charge in [-0.15, -0.1) is 0 Å². The van der Waals surface area contributed by atoms with Gasteiger partial charge in [-0.2, -0.15) is 0 Å². The van der Waals surface area contributed by atoms with E-state index in [4.69, 9.17) is 4.74 Å². The van der Waals surface area contributed by atoms with E-state index in [0.29, 0.717) is 0 Å². The zero-order valence-electron chi connectivity index (χ0n) is 12.3. The molecule has 2 N–H and O–H groups in total. The van der Waals surface area contributed by atoms with Gasteiger partial charge in [-0.25, -0.2) is 0 Å². The third-order valence-corrected chi connectivity index (χ3v) is 2.83. The summed E-state index contributed by atoms with van der Waals surface area (Å²) < 4.78 is 4.72. The van der Waals surface area contributed by atoms with Crippen molar-refractivity contribution < 1.29 is 14.3 Å². The summed E-state index contributed by atoms with van der Waals surface area (Å²) >= 11 is 0. The van der Waals surface area contributed by atoms with Crippen LogP contribution in [0.2, 0.25) is 0 Å². The molecule has 0 atom stereocenters. The van der Waals surface area contributed by atoms with E-state index >= 15 is 0 Å². The van der Waals surface area contributed by atoms with Crippen LogP contribution in [0, 0.1) is 0 Å². The predicted molar refractivity (Wildman–Crippen MR) is 75.9 cm³/mol. The molecule has 0 aliphatic rings. The van der Waals surface area contributed by atoms with E-state index in [1.165, 1.54) is 32.8 Å². The zero-order chi connectivity index (χ0) is 14.3. The number of methoxy groups -OCH3 is 1. The number of carbonyl (C=O) groups excluding carboxylic acids is 2. The van der Waals surface area contributed by atoms with E-state index < -0.39 is 0 Å². The maximum atomic E-state index is 11.1. The molecule has 0 unspecified atom stereocenters. The first kappa shape index (κ1) is 17.9. The molecule has 19 heavy (non-hydrogen) atoms. The van der Waals surface area contributed by atoms with Gasteiger partial charge < -0.3 is 15.4 Å². The van der Waals surface area contributed by atoms with Crippen molar-refractivity contribution in [2.75, 3.05) is 26.8 Å². The summed E-state index contributed by atoms with van der Waals surface area (Å²) in [4.78, 5) is 21.7. The number of rotatable bonds is 12. The Labute approximate surface area is 116 Å². The number of amides is 2. The molecule has 0 fully saturated rings. The summed E-state index contributed by atoms with van der Waals surface area (Å²) in [7, 11) is 1.52. The fourth-order valence-corrected chi connectivity index (χ4v) is 1.81. The molecule has 0 spiro atoms. The van der Waals surface area contributed by atoms with Crippen LogP contribution in [0.15, 0.2) is 0 Å². The molecular weight excluding hydrogens is 244 g/mol. The Bertz CT molecular complexity index is 245. The summed E-state index contributed by atoms with van der Waals surface area (Å²) in [5.74, 6) is 0.0102. The quantitative estimate of drug-likeness (QED) is 0.530. The van der Waals surface area contributed by atoms with Gasteiger partial charge in [0.2, 0.25) is 11.8 Å². The van der Waals surface area contributed by atoms with Crippen molar-refractivity contribution in [3.8, 4) is 0 Å². The summed E-state index contributed by atoms with van der Waals surface area (Å²) in [6.07, 6.45) is 8.07. The lowest BCUT2D eigenvalue weighted by molar-refractivity contribution is -0.124. The van der Waals surface area contributed by atoms with Gasteiger partial charge in [0.25, 0.3) is 0 Å². The monoisotopic (exact) mass is 272 g/mol. The molecule has 0 aliphatic carbocycles. The van der Waals surface area contributed by atoms with Crippen LogP contribution in [0.4, 0.5) is 0 Å². The first-order valence-corrected chi connectivity index (χ1v) is 7.17. The fraction of sp³-hybridized carbons (Fsp3) is 0.857. The van der Waals surface area contributed by atoms with E-state index in [1.54, 1.807) is 6.92 Å². The number of hydrogen-bond donors (Lipinski definition) is 2. The molecule has 0 aromatic rings. The lowest BCUT2D eigenvalue weighted by Gasteiger charge is -2.05. The molecule has 0 heterocycles. The second kappa shape index (κ2) is 13.3. The molecule has 0 rings (SSSR count). The summed E-state index contributed by atoms with van der Waals surface area (Å²) in [6.45, 7) is 3.23. The van der Waals surface area contributed by atoms with Crippen LogP contribution < -0.4 is 10.6 Å². The van der Waals surface area contributed by atoms with Gasteiger partial charge in [-0.1, -0.05) is 32.1 Å². The van der Waals surface area contributed by atoms with Crippen LogP contribution in [0.1, 0.15) is 51.9 Å². The van der Waals surface area contributed by atoms with Crippen molar-refractivity contribution in [1.82, 2.24) is 10.6 Å². The third kappa shape index (κ3) is 14.8. The molecule has 5 nitrogen and oxygen atoms in total. The van der Waals surface area contributed by atoms with Crippen molar-refractivity contribution in [2.24, 2.45) is 0 Å². The second-order valence-electron chi connectivity index (χ2n) is 4.74. The van der Waals surface area contributed by atoms with Crippen LogP contribution in [0.3, 0.4) is 0 Å². The van der Waals surface area contributed by atoms with Crippen LogP contribution >= 0.6 is 0 Å². The number of carbonyl (C=O) groups is 2. The van der Waals surface area contributed by atoms with Crippen molar-refractivity contribution in [2.45, 2.75) is 51.9 Å². The second-order valence-corrected chi connectivity index (χ2v) is 4.74. The maximum Gasteiger partial charge on any atom is 0.245 e. The van der Waals surface area contributed by atoms with Gasteiger partial charge >= 0.3 is 0 Å². The minimum absolute atomic E-state index is 0.0412. The number of ether oxygens (including phenoxy) is 1. The largest absolute Gasteiger partial charge is 0.375 e. The van der Waals surface area contributed by atoms with E-state index in [-0.39, 0.29) is 18.4 Å². The molecule has 0 aromatic heterocycles. The van der Waals surface area contributed by atoms with E-state index in [0.717, 1.165) is 32.4 Å². The lowest BCUT2D eigenvalue weighted by Crippen LogP contribution is -2.27. The highest BCUT2D eigenvalue weighted by Crippen LogP contribution is 2.06. The molecule has 0 radical (unpaired) electrons. The Hall–Kier alpha value is -1.10. The Morgan fingerprint density at radius 2 is 1.32 bits per heavy atom. The molecule has 0 saturated carbocycles. The van der Waals surface area contributed by atoms with Crippen molar-refractivity contribution in [1.29, 1.82) is 0 Å². The fourth-order valence-electron chi connectivity index (χ4n) is 1.81. The van der Waals surface area contributed by atoms with Crippen LogP contribution in [0.5, 0.6) is 0 Å². The van der Waals surface area contributed by atoms with Gasteiger partial charge in [-0.3, -0.25) is 9.59 Å². The summed E-state index contributed by atoms with van der Waals surface area (Å²) in [6, 6.07) is 0. The highest BCUT2D eigenvalue weighted by molar-refractivity contribution is 5.77. The minimum Gasteiger partial charge on any atom is -0.375 e. The minimum atomic E-state index is -0.0412. The van der Waals surface area contributed by atoms with E-state index in [2.05, 4.69) is 10.6 Å². The van der Waals surface area contributed by atoms with Gasteiger partial charge in [0, 0.05) is 27.1 Å². The first-order chi connectivity index (χ1) is 9.16. The third-order valence-electron chi connectivity index (χ3n) is 2.83. The molecule has 112 valence electrons. The standard InChI is InChI=1S/C14H28N2O3/c1-13(17)15-10-8-6-4-3-5-7-9-11-16-14(18)12-19-2/h3-12H2,1-2H3,(H,15,17)(H,16,18). The molecule has 2 amide bonds. The van der Waals surface area contributed by atoms with E-state index in [1.807, 2.05) is 0 Å². The SMILES string of the molecule is COCC(=O)NCCCCCCCCCNC(C)=O. The number of unbranched alkanes of at least 4 members (excludes halogenated alkanes) is 6. The summed E-state index contributed by atoms with van der Waals surface area (Å²) in [5, 5.41) is 5.60. The lowest BCUT2D eigenvalue weighted by atomic mass is 10.1. The average molecular weight is 272 g/mol. The Morgan fingerprint density at radius 3 is 1.79 bits per heavy atom. The van der Waals surface area contributed by atoms with Crippen molar-refractivity contribution >= 4 is 11.8 Å². The average Bonchev–Trinajstić information content (AvgIpc) is 2.36. The van der Waals surface area contributed by atoms with Gasteiger partial charge in [-0.05, 0) is 12.8 Å². The van der Waals surface area contributed by atoms with Crippen LogP contribution in [-0.2, 0) is 14.3 Å². The van der Waals surface area contributed by atoms with Crippen molar-refractivity contribution in [3.05, 3.63) is 0 Å². The summed E-state index contributed by atoms with van der Waals surface area (Å²) in [5.41, 5.74) is 0. The first-order valence-electron chi connectivity index (χ1n) is 7.17. The number of hydrogen-bond acceptors (Lipinski definition) is 3. The highest BCUT2D eigenvalue weighted by atomic mass is 16.5. The molecule has 0 aliphatic heterocycles.